The number of carboxylic acids is 1. The van der Waals surface area contributed by atoms with Crippen molar-refractivity contribution in [3.8, 4) is 0 Å². The maximum Gasteiger partial charge on any atom is 0.307 e. The van der Waals surface area contributed by atoms with E-state index in [1.807, 2.05) is 4.90 Å². The first-order chi connectivity index (χ1) is 7.70. The summed E-state index contributed by atoms with van der Waals surface area (Å²) in [6, 6.07) is 0. The number of carbonyl (C=O) groups excluding carboxylic acids is 1. The van der Waals surface area contributed by atoms with Gasteiger partial charge in [-0.25, -0.2) is 0 Å². The molecule has 1 aliphatic carbocycles. The van der Waals surface area contributed by atoms with Gasteiger partial charge in [-0.2, -0.15) is 0 Å². The molecule has 0 spiro atoms. The van der Waals surface area contributed by atoms with Crippen LogP contribution in [-0.4, -0.2) is 48.1 Å². The smallest absolute Gasteiger partial charge is 0.307 e. The quantitative estimate of drug-likeness (QED) is 0.691. The van der Waals surface area contributed by atoms with E-state index >= 15 is 0 Å². The molecule has 2 atom stereocenters. The number of amides is 1. The molecular formula is C11H18N2O3. The lowest BCUT2D eigenvalue weighted by molar-refractivity contribution is -0.149. The summed E-state index contributed by atoms with van der Waals surface area (Å²) >= 11 is 0. The van der Waals surface area contributed by atoms with Crippen LogP contribution in [-0.2, 0) is 9.59 Å². The fraction of sp³-hybridized carbons (Fsp3) is 0.818. The summed E-state index contributed by atoms with van der Waals surface area (Å²) in [5, 5.41) is 12.2. The summed E-state index contributed by atoms with van der Waals surface area (Å²) in [6.07, 6.45) is 2.25. The third-order valence-corrected chi connectivity index (χ3v) is 3.58. The van der Waals surface area contributed by atoms with E-state index in [-0.39, 0.29) is 11.8 Å². The van der Waals surface area contributed by atoms with Gasteiger partial charge in [0.1, 0.15) is 0 Å². The lowest BCUT2D eigenvalue weighted by atomic mass is 9.94. The summed E-state index contributed by atoms with van der Waals surface area (Å²) in [7, 11) is 0. The Morgan fingerprint density at radius 2 is 1.75 bits per heavy atom. The molecule has 5 nitrogen and oxygen atoms in total. The first-order valence-corrected chi connectivity index (χ1v) is 5.92. The highest BCUT2D eigenvalue weighted by molar-refractivity contribution is 5.85. The molecule has 0 bridgehead atoms. The standard InChI is InChI=1S/C11H18N2O3/c14-10(13-6-4-12-5-7-13)8-2-1-3-9(8)11(15)16/h8-9,12H,1-7H2,(H,15,16)/t8-,9+/m1/s1. The summed E-state index contributed by atoms with van der Waals surface area (Å²) in [5.41, 5.74) is 0. The molecule has 0 unspecified atom stereocenters. The highest BCUT2D eigenvalue weighted by atomic mass is 16.4. The fourth-order valence-electron chi connectivity index (χ4n) is 2.67. The summed E-state index contributed by atoms with van der Waals surface area (Å²) in [5.74, 6) is -1.50. The highest BCUT2D eigenvalue weighted by Crippen LogP contribution is 2.33. The average Bonchev–Trinajstić information content (AvgIpc) is 2.78. The van der Waals surface area contributed by atoms with Crippen LogP contribution in [0.2, 0.25) is 0 Å². The maximum absolute atomic E-state index is 12.2. The van der Waals surface area contributed by atoms with Gasteiger partial charge in [-0.3, -0.25) is 9.59 Å². The van der Waals surface area contributed by atoms with Gasteiger partial charge in [0.25, 0.3) is 0 Å². The molecule has 0 aromatic carbocycles. The molecule has 2 aliphatic rings. The normalized spacial score (nSPS) is 30.4. The van der Waals surface area contributed by atoms with E-state index in [0.717, 1.165) is 25.9 Å². The van der Waals surface area contributed by atoms with Crippen LogP contribution in [0.25, 0.3) is 0 Å². The summed E-state index contributed by atoms with van der Waals surface area (Å²) in [4.78, 5) is 25.0. The largest absolute Gasteiger partial charge is 0.481 e. The molecule has 2 N–H and O–H groups in total. The molecule has 5 heteroatoms. The number of carbonyl (C=O) groups is 2. The number of aliphatic carboxylic acids is 1. The molecule has 2 fully saturated rings. The zero-order chi connectivity index (χ0) is 11.5. The second-order valence-corrected chi connectivity index (χ2v) is 4.56. The van der Waals surface area contributed by atoms with Crippen LogP contribution < -0.4 is 5.32 Å². The van der Waals surface area contributed by atoms with Crippen molar-refractivity contribution in [1.29, 1.82) is 0 Å². The molecule has 16 heavy (non-hydrogen) atoms. The fourth-order valence-corrected chi connectivity index (χ4v) is 2.67. The van der Waals surface area contributed by atoms with Crippen molar-refractivity contribution in [2.75, 3.05) is 26.2 Å². The van der Waals surface area contributed by atoms with Crippen LogP contribution in [0, 0.1) is 11.8 Å². The zero-order valence-corrected chi connectivity index (χ0v) is 9.32. The molecule has 0 aromatic heterocycles. The Morgan fingerprint density at radius 1 is 1.12 bits per heavy atom. The maximum atomic E-state index is 12.2. The van der Waals surface area contributed by atoms with Crippen molar-refractivity contribution in [1.82, 2.24) is 10.2 Å². The second-order valence-electron chi connectivity index (χ2n) is 4.56. The van der Waals surface area contributed by atoms with Crippen LogP contribution in [0.3, 0.4) is 0 Å². The molecule has 1 saturated heterocycles. The van der Waals surface area contributed by atoms with E-state index in [1.165, 1.54) is 0 Å². The van der Waals surface area contributed by atoms with E-state index in [2.05, 4.69) is 5.32 Å². The van der Waals surface area contributed by atoms with Gasteiger partial charge in [0, 0.05) is 26.2 Å². The first-order valence-electron chi connectivity index (χ1n) is 5.92. The third kappa shape index (κ3) is 2.19. The number of hydrogen-bond donors (Lipinski definition) is 2. The van der Waals surface area contributed by atoms with Crippen LogP contribution in [0.5, 0.6) is 0 Å². The minimum Gasteiger partial charge on any atom is -0.481 e. The monoisotopic (exact) mass is 226 g/mol. The van der Waals surface area contributed by atoms with Crippen molar-refractivity contribution >= 4 is 11.9 Å². The van der Waals surface area contributed by atoms with Gasteiger partial charge in [0.15, 0.2) is 0 Å². The van der Waals surface area contributed by atoms with Crippen molar-refractivity contribution in [3.05, 3.63) is 0 Å². The van der Waals surface area contributed by atoms with E-state index in [0.29, 0.717) is 19.5 Å². The summed E-state index contributed by atoms with van der Waals surface area (Å²) < 4.78 is 0. The molecule has 0 aromatic rings. The van der Waals surface area contributed by atoms with Crippen LogP contribution >= 0.6 is 0 Å². The molecule has 0 radical (unpaired) electrons. The Kier molecular flexibility index (Phi) is 3.43. The van der Waals surface area contributed by atoms with Crippen LogP contribution in [0.1, 0.15) is 19.3 Å². The highest BCUT2D eigenvalue weighted by Gasteiger charge is 2.39. The minimum atomic E-state index is -0.814. The summed E-state index contributed by atoms with van der Waals surface area (Å²) in [6.45, 7) is 3.05. The van der Waals surface area contributed by atoms with Crippen molar-refractivity contribution in [2.45, 2.75) is 19.3 Å². The first kappa shape index (κ1) is 11.4. The van der Waals surface area contributed by atoms with Gasteiger partial charge < -0.3 is 15.3 Å². The van der Waals surface area contributed by atoms with E-state index in [4.69, 9.17) is 5.11 Å². The topological polar surface area (TPSA) is 69.6 Å². The molecular weight excluding hydrogens is 208 g/mol. The Morgan fingerprint density at radius 3 is 2.38 bits per heavy atom. The zero-order valence-electron chi connectivity index (χ0n) is 9.32. The van der Waals surface area contributed by atoms with E-state index < -0.39 is 11.9 Å². The van der Waals surface area contributed by atoms with Crippen LogP contribution in [0.15, 0.2) is 0 Å². The van der Waals surface area contributed by atoms with Gasteiger partial charge in [-0.15, -0.1) is 0 Å². The number of rotatable bonds is 2. The van der Waals surface area contributed by atoms with Gasteiger partial charge in [0.05, 0.1) is 11.8 Å². The van der Waals surface area contributed by atoms with Gasteiger partial charge in [-0.1, -0.05) is 6.42 Å². The van der Waals surface area contributed by atoms with E-state index in [9.17, 15) is 9.59 Å². The Balaban J connectivity index is 1.99. The predicted molar refractivity (Wildman–Crippen MR) is 57.9 cm³/mol. The number of hydrogen-bond acceptors (Lipinski definition) is 3. The van der Waals surface area contributed by atoms with Crippen molar-refractivity contribution < 1.29 is 14.7 Å². The Hall–Kier alpha value is -1.10. The lowest BCUT2D eigenvalue weighted by Gasteiger charge is -2.30. The molecule has 2 rings (SSSR count). The lowest BCUT2D eigenvalue weighted by Crippen LogP contribution is -2.49. The number of nitrogens with zero attached hydrogens (tertiary/aromatic N) is 1. The molecule has 1 aliphatic heterocycles. The number of nitrogens with one attached hydrogen (secondary N) is 1. The Labute approximate surface area is 94.8 Å². The number of carboxylic acid groups (broad SMARTS) is 1. The average molecular weight is 226 g/mol. The van der Waals surface area contributed by atoms with Gasteiger partial charge >= 0.3 is 5.97 Å². The SMILES string of the molecule is O=C(O)[C@H]1CCC[C@H]1C(=O)N1CCNCC1. The third-order valence-electron chi connectivity index (χ3n) is 3.58. The molecule has 1 amide bonds. The number of piperazine rings is 1. The second kappa shape index (κ2) is 4.82. The molecule has 1 saturated carbocycles. The molecule has 1 heterocycles. The van der Waals surface area contributed by atoms with Crippen LogP contribution in [0.4, 0.5) is 0 Å². The molecule has 90 valence electrons. The Bertz CT molecular complexity index is 287. The van der Waals surface area contributed by atoms with Gasteiger partial charge in [0.2, 0.25) is 5.91 Å². The predicted octanol–water partition coefficient (Wildman–Crippen LogP) is -0.0809. The van der Waals surface area contributed by atoms with Crippen molar-refractivity contribution in [3.63, 3.8) is 0 Å². The van der Waals surface area contributed by atoms with Crippen molar-refractivity contribution in [2.24, 2.45) is 11.8 Å². The minimum absolute atomic E-state index is 0.0476. The van der Waals surface area contributed by atoms with Gasteiger partial charge in [-0.05, 0) is 12.8 Å². The van der Waals surface area contributed by atoms with E-state index in [1.54, 1.807) is 0 Å².